The summed E-state index contributed by atoms with van der Waals surface area (Å²) in [6, 6.07) is 0.242. The van der Waals surface area contributed by atoms with Crippen molar-refractivity contribution in [2.75, 3.05) is 6.54 Å². The smallest absolute Gasteiger partial charge is 0.216 e. The van der Waals surface area contributed by atoms with Crippen LogP contribution < -0.4 is 11.1 Å². The number of rotatable bonds is 5. The van der Waals surface area contributed by atoms with E-state index in [1.54, 1.807) is 0 Å². The molecule has 0 heterocycles. The topological polar surface area (TPSA) is 55.1 Å². The average Bonchev–Trinajstić information content (AvgIpc) is 1.87. The Balaban J connectivity index is 3.16. The lowest BCUT2D eigenvalue weighted by atomic mass is 10.1. The SMILES string of the molecule is CCC[C@H](N)CCNC(C)=O. The Morgan fingerprint density at radius 1 is 1.55 bits per heavy atom. The minimum atomic E-state index is 0.0219. The van der Waals surface area contributed by atoms with Crippen LogP contribution in [0.3, 0.4) is 0 Å². The molecule has 0 aliphatic carbocycles. The third-order valence-corrected chi connectivity index (χ3v) is 1.55. The van der Waals surface area contributed by atoms with Gasteiger partial charge in [-0.2, -0.15) is 0 Å². The Morgan fingerprint density at radius 3 is 2.64 bits per heavy atom. The maximum Gasteiger partial charge on any atom is 0.216 e. The van der Waals surface area contributed by atoms with Crippen molar-refractivity contribution < 1.29 is 4.79 Å². The Hall–Kier alpha value is -0.570. The Morgan fingerprint density at radius 2 is 2.18 bits per heavy atom. The highest BCUT2D eigenvalue weighted by atomic mass is 16.1. The van der Waals surface area contributed by atoms with Crippen molar-refractivity contribution in [3.63, 3.8) is 0 Å². The van der Waals surface area contributed by atoms with Crippen LogP contribution in [0.5, 0.6) is 0 Å². The first-order valence-electron chi connectivity index (χ1n) is 4.16. The molecule has 0 rings (SSSR count). The molecule has 3 N–H and O–H groups in total. The third-order valence-electron chi connectivity index (χ3n) is 1.55. The fourth-order valence-corrected chi connectivity index (χ4v) is 0.949. The van der Waals surface area contributed by atoms with Crippen LogP contribution in [0.25, 0.3) is 0 Å². The maximum absolute atomic E-state index is 10.4. The monoisotopic (exact) mass is 158 g/mol. The van der Waals surface area contributed by atoms with E-state index in [9.17, 15) is 4.79 Å². The first kappa shape index (κ1) is 10.4. The van der Waals surface area contributed by atoms with Gasteiger partial charge in [-0.1, -0.05) is 13.3 Å². The molecule has 0 bridgehead atoms. The summed E-state index contributed by atoms with van der Waals surface area (Å²) in [6.07, 6.45) is 3.04. The number of carbonyl (C=O) groups is 1. The van der Waals surface area contributed by atoms with Gasteiger partial charge in [0, 0.05) is 19.5 Å². The zero-order chi connectivity index (χ0) is 8.69. The van der Waals surface area contributed by atoms with Gasteiger partial charge in [0.05, 0.1) is 0 Å². The second kappa shape index (κ2) is 6.16. The number of nitrogens with two attached hydrogens (primary N) is 1. The lowest BCUT2D eigenvalue weighted by Crippen LogP contribution is -2.28. The zero-order valence-electron chi connectivity index (χ0n) is 7.39. The van der Waals surface area contributed by atoms with E-state index in [-0.39, 0.29) is 11.9 Å². The molecule has 3 nitrogen and oxygen atoms in total. The first-order valence-corrected chi connectivity index (χ1v) is 4.16. The van der Waals surface area contributed by atoms with Crippen LogP contribution in [-0.4, -0.2) is 18.5 Å². The van der Waals surface area contributed by atoms with Crippen molar-refractivity contribution in [3.8, 4) is 0 Å². The van der Waals surface area contributed by atoms with Gasteiger partial charge < -0.3 is 11.1 Å². The van der Waals surface area contributed by atoms with Crippen molar-refractivity contribution in [1.29, 1.82) is 0 Å². The maximum atomic E-state index is 10.4. The van der Waals surface area contributed by atoms with E-state index in [1.807, 2.05) is 0 Å². The standard InChI is InChI=1S/C8H18N2O/c1-3-4-8(9)5-6-10-7(2)11/h8H,3-6,9H2,1-2H3,(H,10,11)/t8-/m0/s1. The summed E-state index contributed by atoms with van der Waals surface area (Å²) in [5.74, 6) is 0.0219. The second-order valence-corrected chi connectivity index (χ2v) is 2.82. The molecule has 3 heteroatoms. The molecular formula is C8H18N2O. The predicted molar refractivity (Wildman–Crippen MR) is 46.2 cm³/mol. The van der Waals surface area contributed by atoms with Gasteiger partial charge in [0.15, 0.2) is 0 Å². The Bertz CT molecular complexity index is 115. The largest absolute Gasteiger partial charge is 0.356 e. The van der Waals surface area contributed by atoms with Crippen molar-refractivity contribution in [2.45, 2.75) is 39.2 Å². The fraction of sp³-hybridized carbons (Fsp3) is 0.875. The predicted octanol–water partition coefficient (Wildman–Crippen LogP) is 0.640. The highest BCUT2D eigenvalue weighted by Gasteiger charge is 1.99. The van der Waals surface area contributed by atoms with Gasteiger partial charge >= 0.3 is 0 Å². The summed E-state index contributed by atoms with van der Waals surface area (Å²) in [5, 5.41) is 2.72. The summed E-state index contributed by atoms with van der Waals surface area (Å²) in [7, 11) is 0. The Kier molecular flexibility index (Phi) is 5.84. The molecule has 1 amide bonds. The molecule has 1 atom stereocenters. The lowest BCUT2D eigenvalue weighted by Gasteiger charge is -2.09. The van der Waals surface area contributed by atoms with E-state index in [0.29, 0.717) is 6.54 Å². The number of hydrogen-bond donors (Lipinski definition) is 2. The van der Waals surface area contributed by atoms with Crippen molar-refractivity contribution >= 4 is 5.91 Å². The molecule has 0 aliphatic rings. The van der Waals surface area contributed by atoms with Crippen LogP contribution in [0.4, 0.5) is 0 Å². The van der Waals surface area contributed by atoms with Gasteiger partial charge in [0.2, 0.25) is 5.91 Å². The number of amides is 1. The van der Waals surface area contributed by atoms with Gasteiger partial charge in [0.1, 0.15) is 0 Å². The summed E-state index contributed by atoms with van der Waals surface area (Å²) in [5.41, 5.74) is 5.72. The van der Waals surface area contributed by atoms with E-state index >= 15 is 0 Å². The molecular weight excluding hydrogens is 140 g/mol. The third kappa shape index (κ3) is 7.33. The van der Waals surface area contributed by atoms with Crippen LogP contribution >= 0.6 is 0 Å². The summed E-state index contributed by atoms with van der Waals surface area (Å²) in [6.45, 7) is 4.33. The molecule has 0 aromatic heterocycles. The quantitative estimate of drug-likeness (QED) is 0.617. The van der Waals surface area contributed by atoms with E-state index in [2.05, 4.69) is 12.2 Å². The highest BCUT2D eigenvalue weighted by Crippen LogP contribution is 1.96. The van der Waals surface area contributed by atoms with Crippen LogP contribution in [0.1, 0.15) is 33.1 Å². The van der Waals surface area contributed by atoms with E-state index in [0.717, 1.165) is 19.3 Å². The van der Waals surface area contributed by atoms with Gasteiger partial charge in [-0.15, -0.1) is 0 Å². The molecule has 0 aliphatic heterocycles. The molecule has 66 valence electrons. The molecule has 0 aromatic rings. The molecule has 11 heavy (non-hydrogen) atoms. The fourth-order valence-electron chi connectivity index (χ4n) is 0.949. The van der Waals surface area contributed by atoms with Crippen LogP contribution in [0.15, 0.2) is 0 Å². The number of hydrogen-bond acceptors (Lipinski definition) is 2. The van der Waals surface area contributed by atoms with E-state index in [4.69, 9.17) is 5.73 Å². The molecule has 0 saturated heterocycles. The summed E-state index contributed by atoms with van der Waals surface area (Å²) in [4.78, 5) is 10.4. The van der Waals surface area contributed by atoms with Gasteiger partial charge in [-0.05, 0) is 12.8 Å². The van der Waals surface area contributed by atoms with E-state index in [1.165, 1.54) is 6.92 Å². The van der Waals surface area contributed by atoms with Gasteiger partial charge in [0.25, 0.3) is 0 Å². The minimum absolute atomic E-state index is 0.0219. The molecule has 0 fully saturated rings. The second-order valence-electron chi connectivity index (χ2n) is 2.82. The summed E-state index contributed by atoms with van der Waals surface area (Å²) < 4.78 is 0. The normalized spacial score (nSPS) is 12.6. The highest BCUT2D eigenvalue weighted by molar-refractivity contribution is 5.72. The van der Waals surface area contributed by atoms with Gasteiger partial charge in [-0.3, -0.25) is 4.79 Å². The molecule has 0 radical (unpaired) electrons. The molecule has 0 aromatic carbocycles. The van der Waals surface area contributed by atoms with Crippen LogP contribution in [-0.2, 0) is 4.79 Å². The van der Waals surface area contributed by atoms with E-state index < -0.39 is 0 Å². The van der Waals surface area contributed by atoms with Gasteiger partial charge in [-0.25, -0.2) is 0 Å². The van der Waals surface area contributed by atoms with Crippen LogP contribution in [0, 0.1) is 0 Å². The summed E-state index contributed by atoms with van der Waals surface area (Å²) >= 11 is 0. The lowest BCUT2D eigenvalue weighted by molar-refractivity contribution is -0.118. The minimum Gasteiger partial charge on any atom is -0.356 e. The molecule has 0 saturated carbocycles. The average molecular weight is 158 g/mol. The van der Waals surface area contributed by atoms with Crippen molar-refractivity contribution in [2.24, 2.45) is 5.73 Å². The van der Waals surface area contributed by atoms with Crippen LogP contribution in [0.2, 0.25) is 0 Å². The zero-order valence-corrected chi connectivity index (χ0v) is 7.39. The number of carbonyl (C=O) groups excluding carboxylic acids is 1. The molecule has 0 spiro atoms. The van der Waals surface area contributed by atoms with Crippen molar-refractivity contribution in [3.05, 3.63) is 0 Å². The van der Waals surface area contributed by atoms with Crippen molar-refractivity contribution in [1.82, 2.24) is 5.32 Å². The first-order chi connectivity index (χ1) is 5.16. The number of nitrogens with one attached hydrogen (secondary N) is 1. The molecule has 0 unspecified atom stereocenters. The Labute approximate surface area is 68.3 Å².